The van der Waals surface area contributed by atoms with Gasteiger partial charge in [-0.05, 0) is 24.3 Å². The Morgan fingerprint density at radius 3 is 2.40 bits per heavy atom. The molecule has 1 aromatic carbocycles. The average molecular weight is 418 g/mol. The fourth-order valence-electron chi connectivity index (χ4n) is 3.55. The molecule has 3 atom stereocenters. The molecule has 5 N–H and O–H groups in total. The Bertz CT molecular complexity index is 768. The normalized spacial score (nSPS) is 18.0. The number of hydrogen-bond acceptors (Lipinski definition) is 5. The maximum Gasteiger partial charge on any atom is 0.326 e. The van der Waals surface area contributed by atoms with E-state index in [-0.39, 0.29) is 24.8 Å². The first kappa shape index (κ1) is 23.3. The van der Waals surface area contributed by atoms with Crippen LogP contribution in [0.15, 0.2) is 30.3 Å². The molecule has 1 heterocycles. The van der Waals surface area contributed by atoms with Crippen LogP contribution in [-0.4, -0.2) is 64.9 Å². The molecule has 9 heteroatoms. The van der Waals surface area contributed by atoms with Crippen molar-refractivity contribution >= 4 is 23.7 Å². The quantitative estimate of drug-likeness (QED) is 0.441. The summed E-state index contributed by atoms with van der Waals surface area (Å²) in [5.74, 6) is -2.81. The Hall–Kier alpha value is -2.94. The predicted molar refractivity (Wildman–Crippen MR) is 110 cm³/mol. The van der Waals surface area contributed by atoms with Crippen LogP contribution in [0, 0.1) is 5.92 Å². The van der Waals surface area contributed by atoms with Crippen molar-refractivity contribution in [1.29, 1.82) is 0 Å². The highest BCUT2D eigenvalue weighted by molar-refractivity contribution is 5.94. The number of carboxylic acid groups (broad SMARTS) is 1. The zero-order valence-corrected chi connectivity index (χ0v) is 17.3. The van der Waals surface area contributed by atoms with Crippen LogP contribution in [0.2, 0.25) is 0 Å². The standard InChI is InChI=1S/C21H30N4O5/c1-13(2)18(21(29)30)24-19(27)15(11-14-7-4-3-5-8-14)23-20(28)16-9-6-10-25(16)17(26)12-22/h3-5,7-8,13,15-16,18H,6,9-12,22H2,1-2H3,(H,23,28)(H,24,27)(H,29,30)/t15-,16-,18-/m0/s1. The van der Waals surface area contributed by atoms with Crippen LogP contribution >= 0.6 is 0 Å². The van der Waals surface area contributed by atoms with Gasteiger partial charge in [0.1, 0.15) is 18.1 Å². The molecule has 1 saturated heterocycles. The summed E-state index contributed by atoms with van der Waals surface area (Å²) in [5, 5.41) is 14.6. The second-order valence-electron chi connectivity index (χ2n) is 7.77. The van der Waals surface area contributed by atoms with E-state index < -0.39 is 35.9 Å². The second-order valence-corrected chi connectivity index (χ2v) is 7.77. The lowest BCUT2D eigenvalue weighted by Gasteiger charge is -2.27. The third kappa shape index (κ3) is 6.03. The molecule has 0 radical (unpaired) electrons. The fourth-order valence-corrected chi connectivity index (χ4v) is 3.55. The van der Waals surface area contributed by atoms with Gasteiger partial charge in [0, 0.05) is 13.0 Å². The third-order valence-electron chi connectivity index (χ3n) is 5.20. The summed E-state index contributed by atoms with van der Waals surface area (Å²) in [4.78, 5) is 50.7. The van der Waals surface area contributed by atoms with Crippen LogP contribution in [0.1, 0.15) is 32.3 Å². The van der Waals surface area contributed by atoms with Crippen LogP contribution < -0.4 is 16.4 Å². The largest absolute Gasteiger partial charge is 0.480 e. The highest BCUT2D eigenvalue weighted by Crippen LogP contribution is 2.18. The average Bonchev–Trinajstić information content (AvgIpc) is 3.21. The van der Waals surface area contributed by atoms with Gasteiger partial charge in [-0.15, -0.1) is 0 Å². The van der Waals surface area contributed by atoms with E-state index in [4.69, 9.17) is 5.73 Å². The van der Waals surface area contributed by atoms with E-state index in [0.29, 0.717) is 19.4 Å². The second kappa shape index (κ2) is 10.7. The van der Waals surface area contributed by atoms with Gasteiger partial charge in [0.25, 0.3) is 0 Å². The minimum absolute atomic E-state index is 0.188. The fraction of sp³-hybridized carbons (Fsp3) is 0.524. The van der Waals surface area contributed by atoms with E-state index in [1.807, 2.05) is 30.3 Å². The van der Waals surface area contributed by atoms with Gasteiger partial charge in [-0.3, -0.25) is 14.4 Å². The van der Waals surface area contributed by atoms with Gasteiger partial charge < -0.3 is 26.4 Å². The van der Waals surface area contributed by atoms with Crippen molar-refractivity contribution in [2.45, 2.75) is 51.2 Å². The third-order valence-corrected chi connectivity index (χ3v) is 5.20. The molecule has 0 unspecified atom stereocenters. The van der Waals surface area contributed by atoms with Crippen molar-refractivity contribution in [2.75, 3.05) is 13.1 Å². The molecule has 164 valence electrons. The molecular formula is C21H30N4O5. The number of aliphatic carboxylic acids is 1. The van der Waals surface area contributed by atoms with Gasteiger partial charge in [-0.1, -0.05) is 44.2 Å². The minimum Gasteiger partial charge on any atom is -0.480 e. The maximum absolute atomic E-state index is 12.9. The number of likely N-dealkylation sites (tertiary alicyclic amines) is 1. The minimum atomic E-state index is -1.14. The van der Waals surface area contributed by atoms with Crippen molar-refractivity contribution in [3.8, 4) is 0 Å². The Morgan fingerprint density at radius 2 is 1.83 bits per heavy atom. The lowest BCUT2D eigenvalue weighted by molar-refractivity contribution is -0.144. The van der Waals surface area contributed by atoms with Crippen LogP contribution in [0.5, 0.6) is 0 Å². The van der Waals surface area contributed by atoms with Crippen LogP contribution in [0.3, 0.4) is 0 Å². The number of rotatable bonds is 9. The molecule has 3 amide bonds. The summed E-state index contributed by atoms with van der Waals surface area (Å²) >= 11 is 0. The monoisotopic (exact) mass is 418 g/mol. The number of carbonyl (C=O) groups excluding carboxylic acids is 3. The number of nitrogens with zero attached hydrogens (tertiary/aromatic N) is 1. The maximum atomic E-state index is 12.9. The molecule has 1 aromatic rings. The van der Waals surface area contributed by atoms with Crippen LogP contribution in [0.25, 0.3) is 0 Å². The van der Waals surface area contributed by atoms with Gasteiger partial charge in [0.2, 0.25) is 17.7 Å². The van der Waals surface area contributed by atoms with Crippen LogP contribution in [-0.2, 0) is 25.6 Å². The zero-order valence-electron chi connectivity index (χ0n) is 17.3. The summed E-state index contributed by atoms with van der Waals surface area (Å²) in [7, 11) is 0. The van der Waals surface area contributed by atoms with Crippen molar-refractivity contribution < 1.29 is 24.3 Å². The molecule has 0 aromatic heterocycles. The summed E-state index contributed by atoms with van der Waals surface area (Å²) in [6, 6.07) is 6.38. The Morgan fingerprint density at radius 1 is 1.17 bits per heavy atom. The molecule has 1 aliphatic heterocycles. The highest BCUT2D eigenvalue weighted by atomic mass is 16.4. The molecule has 0 aliphatic carbocycles. The first-order chi connectivity index (χ1) is 14.2. The first-order valence-corrected chi connectivity index (χ1v) is 10.1. The summed E-state index contributed by atoms with van der Waals surface area (Å²) in [6.07, 6.45) is 1.36. The summed E-state index contributed by atoms with van der Waals surface area (Å²) in [5.41, 5.74) is 6.25. The number of amides is 3. The van der Waals surface area contributed by atoms with E-state index in [1.54, 1.807) is 13.8 Å². The predicted octanol–water partition coefficient (Wildman–Crippen LogP) is -0.111. The van der Waals surface area contributed by atoms with E-state index >= 15 is 0 Å². The molecule has 9 nitrogen and oxygen atoms in total. The Kier molecular flexibility index (Phi) is 8.35. The van der Waals surface area contributed by atoms with E-state index in [0.717, 1.165) is 5.56 Å². The van der Waals surface area contributed by atoms with Crippen LogP contribution in [0.4, 0.5) is 0 Å². The molecule has 2 rings (SSSR count). The SMILES string of the molecule is CC(C)[C@H](NC(=O)[C@H](Cc1ccccc1)NC(=O)[C@@H]1CCCN1C(=O)CN)C(=O)O. The van der Waals surface area contributed by atoms with Gasteiger partial charge in [0.15, 0.2) is 0 Å². The molecule has 1 aliphatic rings. The summed E-state index contributed by atoms with van der Waals surface area (Å²) in [6.45, 7) is 3.64. The number of nitrogens with two attached hydrogens (primary N) is 1. The van der Waals surface area contributed by atoms with E-state index in [1.165, 1.54) is 4.90 Å². The number of carbonyl (C=O) groups is 4. The Labute approximate surface area is 176 Å². The van der Waals surface area contributed by atoms with Gasteiger partial charge >= 0.3 is 5.97 Å². The number of hydrogen-bond donors (Lipinski definition) is 4. The molecule has 30 heavy (non-hydrogen) atoms. The zero-order chi connectivity index (χ0) is 22.3. The summed E-state index contributed by atoms with van der Waals surface area (Å²) < 4.78 is 0. The van der Waals surface area contributed by atoms with Crippen molar-refractivity contribution in [2.24, 2.45) is 11.7 Å². The lowest BCUT2D eigenvalue weighted by atomic mass is 10.0. The smallest absolute Gasteiger partial charge is 0.326 e. The highest BCUT2D eigenvalue weighted by Gasteiger charge is 2.36. The van der Waals surface area contributed by atoms with Gasteiger partial charge in [-0.25, -0.2) is 4.79 Å². The molecule has 0 bridgehead atoms. The molecule has 0 saturated carbocycles. The van der Waals surface area contributed by atoms with E-state index in [9.17, 15) is 24.3 Å². The number of carboxylic acids is 1. The van der Waals surface area contributed by atoms with E-state index in [2.05, 4.69) is 10.6 Å². The molecule has 1 fully saturated rings. The van der Waals surface area contributed by atoms with Crippen molar-refractivity contribution in [3.05, 3.63) is 35.9 Å². The topological polar surface area (TPSA) is 142 Å². The van der Waals surface area contributed by atoms with Gasteiger partial charge in [0.05, 0.1) is 6.54 Å². The Balaban J connectivity index is 2.18. The number of benzene rings is 1. The van der Waals surface area contributed by atoms with Gasteiger partial charge in [-0.2, -0.15) is 0 Å². The first-order valence-electron chi connectivity index (χ1n) is 10.1. The lowest BCUT2D eigenvalue weighted by Crippen LogP contribution is -2.57. The van der Waals surface area contributed by atoms with Crippen molar-refractivity contribution in [1.82, 2.24) is 15.5 Å². The van der Waals surface area contributed by atoms with Crippen molar-refractivity contribution in [3.63, 3.8) is 0 Å². The number of nitrogens with one attached hydrogen (secondary N) is 2. The molecular weight excluding hydrogens is 388 g/mol. The molecule has 0 spiro atoms.